The number of hydrogen-bond donors (Lipinski definition) is 3. The third-order valence-corrected chi connectivity index (χ3v) is 1.18. The van der Waals surface area contributed by atoms with Crippen LogP contribution in [-0.2, 0) is 28.3 Å². The lowest BCUT2D eigenvalue weighted by Gasteiger charge is -2.25. The molecule has 0 aromatic carbocycles. The quantitative estimate of drug-likeness (QED) is 0.388. The van der Waals surface area contributed by atoms with Crippen molar-refractivity contribution >= 4 is 25.2 Å². The Balaban J connectivity index is 3.98. The highest BCUT2D eigenvalue weighted by Crippen LogP contribution is 1.93. The molecule has 0 aliphatic carbocycles. The Morgan fingerprint density at radius 3 is 1.19 bits per heavy atom. The lowest BCUT2D eigenvalue weighted by Crippen LogP contribution is -2.33. The fourth-order valence-corrected chi connectivity index (χ4v) is 0.689. The summed E-state index contributed by atoms with van der Waals surface area (Å²) in [5.41, 5.74) is 0. The zero-order valence-electron chi connectivity index (χ0n) is 8.12. The number of aliphatic carboxylic acids is 3. The molecule has 0 spiro atoms. The summed E-state index contributed by atoms with van der Waals surface area (Å²) in [5.74, 6) is -3.93. The van der Waals surface area contributed by atoms with Crippen LogP contribution in [0.2, 0.25) is 0 Å². The molecule has 0 rings (SSSR count). The monoisotopic (exact) mass is 237 g/mol. The molecule has 9 nitrogen and oxygen atoms in total. The Morgan fingerprint density at radius 2 is 1.00 bits per heavy atom. The second kappa shape index (κ2) is 7.62. The summed E-state index contributed by atoms with van der Waals surface area (Å²) < 4.78 is 13.6. The van der Waals surface area contributed by atoms with Crippen molar-refractivity contribution in [3.8, 4) is 0 Å². The van der Waals surface area contributed by atoms with E-state index in [4.69, 9.17) is 15.3 Å². The molecule has 0 aromatic heterocycles. The first kappa shape index (κ1) is 14.4. The van der Waals surface area contributed by atoms with Crippen molar-refractivity contribution < 1.29 is 43.7 Å². The van der Waals surface area contributed by atoms with Gasteiger partial charge in [-0.2, -0.15) is 0 Å². The van der Waals surface area contributed by atoms with Gasteiger partial charge in [0, 0.05) is 0 Å². The molecule has 0 fully saturated rings. The lowest BCUT2D eigenvalue weighted by molar-refractivity contribution is -0.143. The second-order valence-corrected chi connectivity index (χ2v) is 2.58. The van der Waals surface area contributed by atoms with E-state index in [0.29, 0.717) is 0 Å². The molecule has 0 radical (unpaired) electrons. The first-order valence-corrected chi connectivity index (χ1v) is 4.08. The average Bonchev–Trinajstić information content (AvgIpc) is 2.15. The topological polar surface area (TPSA) is 140 Å². The fourth-order valence-electron chi connectivity index (χ4n) is 0.689. The van der Waals surface area contributed by atoms with E-state index in [1.54, 1.807) is 0 Å². The minimum Gasteiger partial charge on any atom is -0.539 e. The molecule has 0 amide bonds. The Kier molecular flexibility index (Phi) is 6.84. The lowest BCUT2D eigenvalue weighted by atomic mass is 10.2. The maximum Gasteiger partial charge on any atom is 0.365 e. The summed E-state index contributed by atoms with van der Waals surface area (Å²) in [5, 5.41) is 24.8. The van der Waals surface area contributed by atoms with Crippen LogP contribution >= 0.6 is 0 Å². The molecule has 0 saturated carbocycles. The zero-order chi connectivity index (χ0) is 12.6. The zero-order valence-corrected chi connectivity index (χ0v) is 8.12. The van der Waals surface area contributed by atoms with E-state index in [2.05, 4.69) is 14.0 Å². The molecular weight excluding hydrogens is 227 g/mol. The molecular formula is C6H10BO9-. The van der Waals surface area contributed by atoms with Gasteiger partial charge < -0.3 is 29.3 Å². The molecule has 0 aliphatic heterocycles. The molecule has 0 bridgehead atoms. The van der Waals surface area contributed by atoms with Gasteiger partial charge in [0.15, 0.2) is 0 Å². The summed E-state index contributed by atoms with van der Waals surface area (Å²) in [4.78, 5) is 30.4. The minimum atomic E-state index is -2.49. The second-order valence-electron chi connectivity index (χ2n) is 2.58. The number of carbonyl (C=O) groups is 3. The molecule has 0 heterocycles. The van der Waals surface area contributed by atoms with E-state index in [-0.39, 0.29) is 0 Å². The summed E-state index contributed by atoms with van der Waals surface area (Å²) in [6.45, 7) is -2.29. The Bertz CT molecular complexity index is 222. The van der Waals surface area contributed by atoms with E-state index in [0.717, 1.165) is 0 Å². The van der Waals surface area contributed by atoms with Crippen LogP contribution in [0.15, 0.2) is 0 Å². The SMILES string of the molecule is O=C(O)CO[BH-](OCC(=O)O)OCC(=O)O. The molecule has 0 unspecified atom stereocenters. The normalized spacial score (nSPS) is 10.3. The Morgan fingerprint density at radius 1 is 0.750 bits per heavy atom. The molecule has 0 aliphatic rings. The van der Waals surface area contributed by atoms with Crippen LogP contribution < -0.4 is 0 Å². The first-order valence-electron chi connectivity index (χ1n) is 4.08. The largest absolute Gasteiger partial charge is 0.539 e. The van der Waals surface area contributed by atoms with E-state index in [1.165, 1.54) is 0 Å². The first-order chi connectivity index (χ1) is 7.41. The van der Waals surface area contributed by atoms with Gasteiger partial charge in [0.1, 0.15) is 19.8 Å². The summed E-state index contributed by atoms with van der Waals surface area (Å²) in [6.07, 6.45) is 0. The van der Waals surface area contributed by atoms with Crippen LogP contribution in [0.5, 0.6) is 0 Å². The highest BCUT2D eigenvalue weighted by atomic mass is 16.7. The molecule has 3 N–H and O–H groups in total. The van der Waals surface area contributed by atoms with E-state index >= 15 is 0 Å². The van der Waals surface area contributed by atoms with Crippen molar-refractivity contribution in [2.75, 3.05) is 19.8 Å². The van der Waals surface area contributed by atoms with Crippen LogP contribution in [0, 0.1) is 0 Å². The van der Waals surface area contributed by atoms with Crippen LogP contribution in [0.1, 0.15) is 0 Å². The van der Waals surface area contributed by atoms with Crippen molar-refractivity contribution in [2.24, 2.45) is 0 Å². The van der Waals surface area contributed by atoms with Gasteiger partial charge in [-0.1, -0.05) is 0 Å². The highest BCUT2D eigenvalue weighted by Gasteiger charge is 2.10. The van der Waals surface area contributed by atoms with Gasteiger partial charge in [0.25, 0.3) is 0 Å². The number of carboxylic acids is 3. The van der Waals surface area contributed by atoms with E-state index in [1.807, 2.05) is 0 Å². The van der Waals surface area contributed by atoms with Crippen molar-refractivity contribution in [1.82, 2.24) is 0 Å². The van der Waals surface area contributed by atoms with Crippen LogP contribution in [0.4, 0.5) is 0 Å². The minimum absolute atomic E-state index is 0.765. The van der Waals surface area contributed by atoms with Gasteiger partial charge >= 0.3 is 25.2 Å². The molecule has 0 aromatic rings. The van der Waals surface area contributed by atoms with Crippen LogP contribution in [-0.4, -0.2) is 60.4 Å². The summed E-state index contributed by atoms with van der Waals surface area (Å²) in [7, 11) is -2.49. The van der Waals surface area contributed by atoms with Gasteiger partial charge in [-0.15, -0.1) is 0 Å². The van der Waals surface area contributed by atoms with E-state index < -0.39 is 45.0 Å². The number of hydrogen-bond acceptors (Lipinski definition) is 6. The Labute approximate surface area is 89.7 Å². The standard InChI is InChI=1S/C6H10BO9/c8-4(9)1-14-7(15-2-5(10)11)16-3-6(12)13/h7H,1-3H2,(H,8,9)(H,10,11)(H,12,13)/q-1. The smallest absolute Gasteiger partial charge is 0.365 e. The van der Waals surface area contributed by atoms with E-state index in [9.17, 15) is 14.4 Å². The van der Waals surface area contributed by atoms with Gasteiger partial charge in [-0.25, -0.2) is 14.4 Å². The van der Waals surface area contributed by atoms with Crippen molar-refractivity contribution in [1.29, 1.82) is 0 Å². The summed E-state index contributed by atoms with van der Waals surface area (Å²) >= 11 is 0. The predicted octanol–water partition coefficient (Wildman–Crippen LogP) is -1.99. The van der Waals surface area contributed by atoms with Crippen molar-refractivity contribution in [3.05, 3.63) is 0 Å². The molecule has 0 atom stereocenters. The molecule has 10 heteroatoms. The average molecular weight is 237 g/mol. The maximum atomic E-state index is 10.1. The number of rotatable bonds is 9. The molecule has 16 heavy (non-hydrogen) atoms. The van der Waals surface area contributed by atoms with Crippen LogP contribution in [0.25, 0.3) is 0 Å². The van der Waals surface area contributed by atoms with Gasteiger partial charge in [-0.3, -0.25) is 0 Å². The maximum absolute atomic E-state index is 10.1. The number of carboxylic acid groups (broad SMARTS) is 3. The third-order valence-electron chi connectivity index (χ3n) is 1.18. The van der Waals surface area contributed by atoms with Gasteiger partial charge in [0.2, 0.25) is 0 Å². The Hall–Kier alpha value is -1.65. The van der Waals surface area contributed by atoms with Crippen LogP contribution in [0.3, 0.4) is 0 Å². The summed E-state index contributed by atoms with van der Waals surface area (Å²) in [6, 6.07) is 0. The van der Waals surface area contributed by atoms with Crippen molar-refractivity contribution in [2.45, 2.75) is 0 Å². The predicted molar refractivity (Wildman–Crippen MR) is 47.9 cm³/mol. The molecule has 0 saturated heterocycles. The molecule has 92 valence electrons. The van der Waals surface area contributed by atoms with Crippen molar-refractivity contribution in [3.63, 3.8) is 0 Å². The highest BCUT2D eigenvalue weighted by molar-refractivity contribution is 6.37. The fraction of sp³-hybridized carbons (Fsp3) is 0.500. The van der Waals surface area contributed by atoms with Gasteiger partial charge in [0.05, 0.1) is 0 Å². The van der Waals surface area contributed by atoms with Gasteiger partial charge in [-0.05, 0) is 0 Å². The third kappa shape index (κ3) is 8.93.